The van der Waals surface area contributed by atoms with E-state index in [4.69, 9.17) is 9.57 Å². The molecule has 3 amide bonds. The molecule has 0 bridgehead atoms. The van der Waals surface area contributed by atoms with Gasteiger partial charge in [-0.05, 0) is 57.6 Å². The van der Waals surface area contributed by atoms with E-state index in [0.717, 1.165) is 33.4 Å². The molecule has 2 heterocycles. The van der Waals surface area contributed by atoms with Gasteiger partial charge in [0.2, 0.25) is 0 Å². The van der Waals surface area contributed by atoms with Crippen molar-refractivity contribution >= 4 is 23.9 Å². The van der Waals surface area contributed by atoms with E-state index in [0.29, 0.717) is 11.6 Å². The summed E-state index contributed by atoms with van der Waals surface area (Å²) < 4.78 is 5.79. The summed E-state index contributed by atoms with van der Waals surface area (Å²) in [7, 11) is 0. The second kappa shape index (κ2) is 9.20. The lowest BCUT2D eigenvalue weighted by Gasteiger charge is -2.19. The second-order valence-corrected chi connectivity index (χ2v) is 9.97. The number of hydroxylamine groups is 2. The van der Waals surface area contributed by atoms with Crippen molar-refractivity contribution in [3.63, 3.8) is 0 Å². The molecular formula is C32H22N2O6. The van der Waals surface area contributed by atoms with E-state index in [1.807, 2.05) is 24.3 Å². The number of carbonyl (C=O) groups is 4. The van der Waals surface area contributed by atoms with Crippen LogP contribution in [0.25, 0.3) is 11.1 Å². The molecule has 0 spiro atoms. The fourth-order valence-electron chi connectivity index (χ4n) is 5.72. The maximum atomic E-state index is 13.1. The third-order valence-electron chi connectivity index (χ3n) is 7.69. The first-order valence-electron chi connectivity index (χ1n) is 12.9. The van der Waals surface area contributed by atoms with Crippen LogP contribution in [0.5, 0.6) is 0 Å². The summed E-state index contributed by atoms with van der Waals surface area (Å²) in [5.41, 5.74) is 6.80. The van der Waals surface area contributed by atoms with E-state index >= 15 is 0 Å². The van der Waals surface area contributed by atoms with Crippen LogP contribution in [-0.2, 0) is 22.7 Å². The lowest BCUT2D eigenvalue weighted by molar-refractivity contribution is -0.0584. The van der Waals surface area contributed by atoms with Crippen LogP contribution >= 0.6 is 0 Å². The Morgan fingerprint density at radius 2 is 1.25 bits per heavy atom. The molecule has 2 aliphatic heterocycles. The zero-order chi connectivity index (χ0) is 27.4. The Balaban J connectivity index is 1.01. The molecule has 4 aromatic rings. The minimum atomic E-state index is -0.836. The van der Waals surface area contributed by atoms with E-state index in [2.05, 4.69) is 24.3 Å². The largest absolute Gasteiger partial charge is 0.448 e. The van der Waals surface area contributed by atoms with Crippen molar-refractivity contribution < 1.29 is 28.8 Å². The van der Waals surface area contributed by atoms with Gasteiger partial charge in [-0.25, -0.2) is 9.59 Å². The summed E-state index contributed by atoms with van der Waals surface area (Å²) in [6.45, 7) is 0.831. The third-order valence-corrected chi connectivity index (χ3v) is 7.69. The van der Waals surface area contributed by atoms with Crippen LogP contribution in [0.3, 0.4) is 0 Å². The molecule has 8 heteroatoms. The maximum absolute atomic E-state index is 13.1. The van der Waals surface area contributed by atoms with Crippen molar-refractivity contribution in [3.8, 4) is 11.1 Å². The quantitative estimate of drug-likeness (QED) is 0.332. The Hall–Kier alpha value is -5.24. The number of rotatable bonds is 4. The first-order valence-corrected chi connectivity index (χ1v) is 12.9. The Morgan fingerprint density at radius 1 is 0.700 bits per heavy atom. The zero-order valence-corrected chi connectivity index (χ0v) is 21.2. The van der Waals surface area contributed by atoms with Gasteiger partial charge in [-0.3, -0.25) is 14.5 Å². The number of hydrogen-bond donors (Lipinski definition) is 0. The summed E-state index contributed by atoms with van der Waals surface area (Å²) in [6, 6.07) is 27.5. The SMILES string of the molecule is O=C(ON1C(=O)c2ccccc2C1=O)c1ccc2c(c1)CN(C(=O)OCC1c3ccccc3-c3ccccc31)C2. The summed E-state index contributed by atoms with van der Waals surface area (Å²) in [4.78, 5) is 57.7. The highest BCUT2D eigenvalue weighted by Crippen LogP contribution is 2.44. The minimum absolute atomic E-state index is 0.0372. The molecule has 196 valence electrons. The molecule has 0 saturated heterocycles. The van der Waals surface area contributed by atoms with Crippen LogP contribution in [0, 0.1) is 0 Å². The Morgan fingerprint density at radius 3 is 1.88 bits per heavy atom. The van der Waals surface area contributed by atoms with E-state index in [9.17, 15) is 19.2 Å². The van der Waals surface area contributed by atoms with Crippen molar-refractivity contribution in [1.29, 1.82) is 0 Å². The van der Waals surface area contributed by atoms with Gasteiger partial charge in [0.05, 0.1) is 16.7 Å². The molecule has 3 aliphatic rings. The van der Waals surface area contributed by atoms with Gasteiger partial charge in [-0.2, -0.15) is 0 Å². The Bertz CT molecular complexity index is 1660. The Kier molecular flexibility index (Phi) is 5.48. The van der Waals surface area contributed by atoms with Crippen molar-refractivity contribution in [2.24, 2.45) is 0 Å². The van der Waals surface area contributed by atoms with E-state index in [1.54, 1.807) is 35.2 Å². The number of ether oxygens (including phenoxy) is 1. The van der Waals surface area contributed by atoms with Gasteiger partial charge in [-0.15, -0.1) is 0 Å². The van der Waals surface area contributed by atoms with Crippen LogP contribution in [0.4, 0.5) is 4.79 Å². The molecular weight excluding hydrogens is 508 g/mol. The molecule has 8 nitrogen and oxygen atoms in total. The van der Waals surface area contributed by atoms with Crippen LogP contribution in [-0.4, -0.2) is 40.4 Å². The number of imide groups is 1. The van der Waals surface area contributed by atoms with Gasteiger partial charge < -0.3 is 9.57 Å². The van der Waals surface area contributed by atoms with Gasteiger partial charge in [0.15, 0.2) is 0 Å². The molecule has 0 radical (unpaired) electrons. The van der Waals surface area contributed by atoms with Crippen molar-refractivity contribution in [2.45, 2.75) is 19.0 Å². The predicted octanol–water partition coefficient (Wildman–Crippen LogP) is 5.32. The Labute approximate surface area is 229 Å². The number of fused-ring (bicyclic) bond motifs is 5. The van der Waals surface area contributed by atoms with Gasteiger partial charge >= 0.3 is 12.1 Å². The van der Waals surface area contributed by atoms with Crippen LogP contribution in [0.2, 0.25) is 0 Å². The minimum Gasteiger partial charge on any atom is -0.448 e. The average Bonchev–Trinajstić information content (AvgIpc) is 3.63. The van der Waals surface area contributed by atoms with Crippen LogP contribution in [0.1, 0.15) is 59.2 Å². The summed E-state index contributed by atoms with van der Waals surface area (Å²) in [6.07, 6.45) is -0.437. The standard InChI is InChI=1S/C32H22N2O6/c35-29-26-11-5-6-12-27(26)30(36)34(29)40-31(37)19-13-14-20-16-33(17-21(20)15-19)32(38)39-18-28-24-9-3-1-7-22(24)23-8-2-4-10-25(23)28/h1-15,28H,16-18H2. The monoisotopic (exact) mass is 530 g/mol. The lowest BCUT2D eigenvalue weighted by Crippen LogP contribution is -2.32. The molecule has 0 fully saturated rings. The number of nitrogens with zero attached hydrogens (tertiary/aromatic N) is 2. The first kappa shape index (κ1) is 23.8. The normalized spacial score (nSPS) is 15.0. The molecule has 0 aromatic heterocycles. The molecule has 40 heavy (non-hydrogen) atoms. The summed E-state index contributed by atoms with van der Waals surface area (Å²) in [5.74, 6) is -2.24. The highest BCUT2D eigenvalue weighted by molar-refractivity contribution is 6.21. The zero-order valence-electron chi connectivity index (χ0n) is 21.2. The van der Waals surface area contributed by atoms with Gasteiger partial charge in [0.1, 0.15) is 6.61 Å². The summed E-state index contributed by atoms with van der Waals surface area (Å²) >= 11 is 0. The second-order valence-electron chi connectivity index (χ2n) is 9.97. The number of hydrogen-bond acceptors (Lipinski definition) is 6. The fourth-order valence-corrected chi connectivity index (χ4v) is 5.72. The van der Waals surface area contributed by atoms with E-state index in [-0.39, 0.29) is 35.8 Å². The highest BCUT2D eigenvalue weighted by atomic mass is 16.7. The summed E-state index contributed by atoms with van der Waals surface area (Å²) in [5, 5.41) is 0.489. The third kappa shape index (κ3) is 3.76. The van der Waals surface area contributed by atoms with Crippen LogP contribution < -0.4 is 0 Å². The lowest BCUT2D eigenvalue weighted by atomic mass is 9.98. The molecule has 0 saturated carbocycles. The molecule has 0 N–H and O–H groups in total. The van der Waals surface area contributed by atoms with Gasteiger partial charge in [0.25, 0.3) is 11.8 Å². The number of carbonyl (C=O) groups excluding carboxylic acids is 4. The van der Waals surface area contributed by atoms with E-state index in [1.165, 1.54) is 12.1 Å². The smallest absolute Gasteiger partial charge is 0.410 e. The topological polar surface area (TPSA) is 93.2 Å². The molecule has 4 aromatic carbocycles. The van der Waals surface area contributed by atoms with Gasteiger partial charge in [0, 0.05) is 19.0 Å². The van der Waals surface area contributed by atoms with E-state index < -0.39 is 23.9 Å². The van der Waals surface area contributed by atoms with Gasteiger partial charge in [-0.1, -0.05) is 71.8 Å². The fraction of sp³-hybridized carbons (Fsp3) is 0.125. The maximum Gasteiger partial charge on any atom is 0.410 e. The van der Waals surface area contributed by atoms with Crippen molar-refractivity contribution in [2.75, 3.05) is 6.61 Å². The molecule has 7 rings (SSSR count). The van der Waals surface area contributed by atoms with Crippen LogP contribution in [0.15, 0.2) is 91.0 Å². The molecule has 1 aliphatic carbocycles. The molecule has 0 atom stereocenters. The van der Waals surface area contributed by atoms with Crippen molar-refractivity contribution in [3.05, 3.63) is 130 Å². The van der Waals surface area contributed by atoms with Crippen molar-refractivity contribution in [1.82, 2.24) is 9.96 Å². The predicted molar refractivity (Wildman–Crippen MR) is 143 cm³/mol. The molecule has 0 unspecified atom stereocenters. The first-order chi connectivity index (χ1) is 19.5. The highest BCUT2D eigenvalue weighted by Gasteiger charge is 2.39. The average molecular weight is 531 g/mol. The number of benzene rings is 4. The number of amides is 3.